The lowest BCUT2D eigenvalue weighted by molar-refractivity contribution is -0.115. The largest absolute Gasteiger partial charge is 0.352 e. The number of carbonyl (C=O) groups is 2. The molecule has 180 valence electrons. The number of hydrogen-bond acceptors (Lipinski definition) is 4. The fourth-order valence-electron chi connectivity index (χ4n) is 5.35. The van der Waals surface area contributed by atoms with Gasteiger partial charge in [0, 0.05) is 29.6 Å². The maximum Gasteiger partial charge on any atom is 0.352 e. The Bertz CT molecular complexity index is 1710. The van der Waals surface area contributed by atoms with Gasteiger partial charge < -0.3 is 0 Å². The SMILES string of the molecule is O=C1C=C(Br)C(=O)C2=C1C(c1ccc(F)c(Br)c1)C1=CCn3c(=O)n(-c4ccccc4)c(=O)n3C1C2. The highest BCUT2D eigenvalue weighted by Gasteiger charge is 2.45. The van der Waals surface area contributed by atoms with Crippen molar-refractivity contribution < 1.29 is 14.0 Å². The first-order valence-electron chi connectivity index (χ1n) is 11.1. The Hall–Kier alpha value is -3.37. The number of halogens is 3. The zero-order chi connectivity index (χ0) is 25.3. The van der Waals surface area contributed by atoms with Crippen molar-refractivity contribution in [2.75, 3.05) is 0 Å². The second kappa shape index (κ2) is 8.35. The van der Waals surface area contributed by atoms with Crippen molar-refractivity contribution in [3.63, 3.8) is 0 Å². The Balaban J connectivity index is 1.60. The smallest absolute Gasteiger partial charge is 0.290 e. The first kappa shape index (κ1) is 23.1. The molecular formula is C26H16Br2FN3O4. The third kappa shape index (κ3) is 3.27. The number of ketones is 2. The Morgan fingerprint density at radius 1 is 0.944 bits per heavy atom. The molecule has 0 radical (unpaired) electrons. The van der Waals surface area contributed by atoms with Crippen LogP contribution in [-0.2, 0) is 16.1 Å². The van der Waals surface area contributed by atoms with Crippen LogP contribution in [0.1, 0.15) is 23.9 Å². The van der Waals surface area contributed by atoms with Gasteiger partial charge in [0.05, 0.1) is 27.2 Å². The van der Waals surface area contributed by atoms with E-state index in [-0.39, 0.29) is 39.1 Å². The van der Waals surface area contributed by atoms with E-state index >= 15 is 0 Å². The van der Waals surface area contributed by atoms with Gasteiger partial charge in [-0.1, -0.05) is 30.3 Å². The molecule has 2 atom stereocenters. The molecule has 0 saturated carbocycles. The third-order valence-electron chi connectivity index (χ3n) is 6.89. The van der Waals surface area contributed by atoms with Crippen LogP contribution in [0.25, 0.3) is 5.69 Å². The minimum absolute atomic E-state index is 0.0751. The summed E-state index contributed by atoms with van der Waals surface area (Å²) in [6, 6.07) is 12.4. The van der Waals surface area contributed by atoms with Crippen LogP contribution in [0.5, 0.6) is 0 Å². The molecule has 0 N–H and O–H groups in total. The van der Waals surface area contributed by atoms with Gasteiger partial charge >= 0.3 is 11.4 Å². The van der Waals surface area contributed by atoms with Crippen LogP contribution >= 0.6 is 31.9 Å². The van der Waals surface area contributed by atoms with Gasteiger partial charge in [-0.25, -0.2) is 27.9 Å². The molecule has 0 saturated heterocycles. The van der Waals surface area contributed by atoms with E-state index in [4.69, 9.17) is 0 Å². The molecule has 36 heavy (non-hydrogen) atoms. The number of rotatable bonds is 2. The third-order valence-corrected chi connectivity index (χ3v) is 8.09. The maximum absolute atomic E-state index is 14.1. The number of fused-ring (bicyclic) bond motifs is 3. The minimum Gasteiger partial charge on any atom is -0.290 e. The summed E-state index contributed by atoms with van der Waals surface area (Å²) in [6.45, 7) is 0.114. The summed E-state index contributed by atoms with van der Waals surface area (Å²) in [4.78, 5) is 53.3. The maximum atomic E-state index is 14.1. The molecule has 2 unspecified atom stereocenters. The van der Waals surface area contributed by atoms with E-state index in [1.165, 1.54) is 21.5 Å². The van der Waals surface area contributed by atoms with Crippen molar-refractivity contribution in [2.24, 2.45) is 0 Å². The monoisotopic (exact) mass is 611 g/mol. The Kier molecular flexibility index (Phi) is 5.34. The number of para-hydroxylation sites is 1. The van der Waals surface area contributed by atoms with Gasteiger partial charge in [0.25, 0.3) is 0 Å². The van der Waals surface area contributed by atoms with Crippen molar-refractivity contribution >= 4 is 43.4 Å². The van der Waals surface area contributed by atoms with E-state index in [0.29, 0.717) is 22.4 Å². The predicted octanol–water partition coefficient (Wildman–Crippen LogP) is 4.10. The Labute approximate surface area is 220 Å². The first-order chi connectivity index (χ1) is 17.3. The van der Waals surface area contributed by atoms with Crippen LogP contribution in [0.4, 0.5) is 4.39 Å². The summed E-state index contributed by atoms with van der Waals surface area (Å²) in [5.41, 5.74) is 1.33. The molecule has 2 heterocycles. The fraction of sp³-hybridized carbons (Fsp3) is 0.154. The molecule has 7 nitrogen and oxygen atoms in total. The van der Waals surface area contributed by atoms with Crippen molar-refractivity contribution in [1.29, 1.82) is 0 Å². The van der Waals surface area contributed by atoms with Crippen LogP contribution < -0.4 is 11.4 Å². The van der Waals surface area contributed by atoms with Gasteiger partial charge in [0.1, 0.15) is 5.82 Å². The molecule has 0 bridgehead atoms. The van der Waals surface area contributed by atoms with Gasteiger partial charge in [-0.15, -0.1) is 0 Å². The van der Waals surface area contributed by atoms with Crippen molar-refractivity contribution in [1.82, 2.24) is 13.9 Å². The number of hydrogen-bond donors (Lipinski definition) is 0. The van der Waals surface area contributed by atoms with Gasteiger partial charge in [0.15, 0.2) is 11.6 Å². The number of aromatic nitrogens is 3. The van der Waals surface area contributed by atoms with Crippen LogP contribution in [0.2, 0.25) is 0 Å². The second-order valence-electron chi connectivity index (χ2n) is 8.77. The summed E-state index contributed by atoms with van der Waals surface area (Å²) >= 11 is 6.41. The van der Waals surface area contributed by atoms with E-state index in [2.05, 4.69) is 31.9 Å². The van der Waals surface area contributed by atoms with Gasteiger partial charge in [-0.2, -0.15) is 0 Å². The van der Waals surface area contributed by atoms with Crippen molar-refractivity contribution in [3.05, 3.63) is 119 Å². The van der Waals surface area contributed by atoms with E-state index in [1.807, 2.05) is 6.08 Å². The summed E-state index contributed by atoms with van der Waals surface area (Å²) in [6.07, 6.45) is 3.16. The number of Topliss-reactive ketones (excluding diaryl/α,β-unsaturated/α-hetero) is 1. The highest BCUT2D eigenvalue weighted by atomic mass is 79.9. The second-order valence-corrected chi connectivity index (χ2v) is 10.5. The molecule has 2 aromatic carbocycles. The minimum atomic E-state index is -0.681. The average molecular weight is 613 g/mol. The van der Waals surface area contributed by atoms with Crippen LogP contribution in [-0.4, -0.2) is 25.5 Å². The van der Waals surface area contributed by atoms with E-state index in [0.717, 1.165) is 4.57 Å². The lowest BCUT2D eigenvalue weighted by atomic mass is 9.69. The number of nitrogens with zero attached hydrogens (tertiary/aromatic N) is 3. The lowest BCUT2D eigenvalue weighted by Crippen LogP contribution is -2.40. The standard InChI is InChI=1S/C26H16Br2FN3O4/c27-17-10-13(6-7-19(17)29)22-15-8-9-30-25(35)31(14-4-2-1-3-5-14)26(36)32(30)20(15)11-16-23(22)21(33)12-18(28)24(16)34/h1-8,10,12,20,22H,9,11H2. The number of allylic oxidation sites excluding steroid dienone is 6. The van der Waals surface area contributed by atoms with Crippen molar-refractivity contribution in [3.8, 4) is 5.69 Å². The highest BCUT2D eigenvalue weighted by Crippen LogP contribution is 2.50. The Morgan fingerprint density at radius 3 is 2.42 bits per heavy atom. The molecule has 1 aromatic heterocycles. The van der Waals surface area contributed by atoms with Crippen LogP contribution in [0.3, 0.4) is 0 Å². The molecular weight excluding hydrogens is 597 g/mol. The normalized spacial score (nSPS) is 21.0. The van der Waals surface area contributed by atoms with E-state index in [9.17, 15) is 23.6 Å². The molecule has 6 rings (SSSR count). The molecule has 1 aliphatic heterocycles. The predicted molar refractivity (Wildman–Crippen MR) is 137 cm³/mol. The van der Waals surface area contributed by atoms with Gasteiger partial charge in [0.2, 0.25) is 0 Å². The van der Waals surface area contributed by atoms with Crippen LogP contribution in [0.15, 0.2) is 95.9 Å². The molecule has 3 aliphatic rings. The van der Waals surface area contributed by atoms with E-state index < -0.39 is 29.2 Å². The lowest BCUT2D eigenvalue weighted by Gasteiger charge is -2.39. The quantitative estimate of drug-likeness (QED) is 0.322. The molecule has 0 spiro atoms. The topological polar surface area (TPSA) is 83.1 Å². The molecule has 3 aromatic rings. The summed E-state index contributed by atoms with van der Waals surface area (Å²) < 4.78 is 18.3. The molecule has 0 amide bonds. The zero-order valence-electron chi connectivity index (χ0n) is 18.5. The van der Waals surface area contributed by atoms with Gasteiger partial charge in [-0.05, 0) is 67.3 Å². The summed E-state index contributed by atoms with van der Waals surface area (Å²) in [5.74, 6) is -1.81. The molecule has 0 fully saturated rings. The van der Waals surface area contributed by atoms with Crippen LogP contribution in [0, 0.1) is 5.82 Å². The van der Waals surface area contributed by atoms with Crippen molar-refractivity contribution in [2.45, 2.75) is 24.9 Å². The average Bonchev–Trinajstić information content (AvgIpc) is 3.13. The first-order valence-corrected chi connectivity index (χ1v) is 12.7. The fourth-order valence-corrected chi connectivity index (χ4v) is 6.19. The summed E-state index contributed by atoms with van der Waals surface area (Å²) in [7, 11) is 0. The summed E-state index contributed by atoms with van der Waals surface area (Å²) in [5, 5.41) is 0. The number of carbonyl (C=O) groups excluding carboxylic acids is 2. The molecule has 10 heteroatoms. The Morgan fingerprint density at radius 2 is 1.69 bits per heavy atom. The van der Waals surface area contributed by atoms with Gasteiger partial charge in [-0.3, -0.25) is 9.59 Å². The highest BCUT2D eigenvalue weighted by molar-refractivity contribution is 9.12. The zero-order valence-corrected chi connectivity index (χ0v) is 21.6. The molecule has 2 aliphatic carbocycles. The van der Waals surface area contributed by atoms with E-state index in [1.54, 1.807) is 42.5 Å². The number of benzene rings is 2.